The highest BCUT2D eigenvalue weighted by Crippen LogP contribution is 2.18. The van der Waals surface area contributed by atoms with E-state index in [1.54, 1.807) is 7.11 Å². The van der Waals surface area contributed by atoms with Gasteiger partial charge in [0.2, 0.25) is 0 Å². The van der Waals surface area contributed by atoms with Crippen LogP contribution in [0.2, 0.25) is 0 Å². The van der Waals surface area contributed by atoms with Crippen LogP contribution < -0.4 is 10.5 Å². The Labute approximate surface area is 126 Å². The predicted molar refractivity (Wildman–Crippen MR) is 85.5 cm³/mol. The second kappa shape index (κ2) is 7.25. The van der Waals surface area contributed by atoms with Gasteiger partial charge in [-0.15, -0.1) is 0 Å². The molecular formula is C18H23NO2. The minimum Gasteiger partial charge on any atom is -0.492 e. The van der Waals surface area contributed by atoms with Crippen LogP contribution in [0, 0.1) is 13.8 Å². The van der Waals surface area contributed by atoms with Crippen molar-refractivity contribution in [2.75, 3.05) is 13.7 Å². The first-order valence-electron chi connectivity index (χ1n) is 7.13. The van der Waals surface area contributed by atoms with E-state index >= 15 is 0 Å². The molecule has 0 aliphatic heterocycles. The highest BCUT2D eigenvalue weighted by molar-refractivity contribution is 5.31. The zero-order valence-corrected chi connectivity index (χ0v) is 12.9. The summed E-state index contributed by atoms with van der Waals surface area (Å²) in [5, 5.41) is 0. The van der Waals surface area contributed by atoms with Crippen LogP contribution in [0.15, 0.2) is 42.5 Å². The highest BCUT2D eigenvalue weighted by Gasteiger charge is 2.08. The van der Waals surface area contributed by atoms with Gasteiger partial charge in [0.1, 0.15) is 12.4 Å². The van der Waals surface area contributed by atoms with Gasteiger partial charge >= 0.3 is 0 Å². The molecular weight excluding hydrogens is 262 g/mol. The Kier molecular flexibility index (Phi) is 5.37. The summed E-state index contributed by atoms with van der Waals surface area (Å²) in [5.74, 6) is 0.823. The molecule has 112 valence electrons. The monoisotopic (exact) mass is 285 g/mol. The molecule has 0 fully saturated rings. The van der Waals surface area contributed by atoms with E-state index in [1.165, 1.54) is 11.1 Å². The first-order valence-corrected chi connectivity index (χ1v) is 7.13. The normalized spacial score (nSPS) is 12.2. The van der Waals surface area contributed by atoms with Gasteiger partial charge in [-0.05, 0) is 37.1 Å². The second-order valence-corrected chi connectivity index (χ2v) is 5.42. The summed E-state index contributed by atoms with van der Waals surface area (Å²) in [6, 6.07) is 14.1. The molecule has 0 aromatic heterocycles. The van der Waals surface area contributed by atoms with Crippen molar-refractivity contribution < 1.29 is 9.47 Å². The van der Waals surface area contributed by atoms with Gasteiger partial charge in [0.25, 0.3) is 0 Å². The van der Waals surface area contributed by atoms with Crippen LogP contribution in [0.4, 0.5) is 0 Å². The molecule has 0 saturated heterocycles. The van der Waals surface area contributed by atoms with E-state index in [4.69, 9.17) is 15.2 Å². The first kappa shape index (κ1) is 15.5. The highest BCUT2D eigenvalue weighted by atomic mass is 16.5. The zero-order chi connectivity index (χ0) is 15.2. The molecule has 0 aliphatic carbocycles. The van der Waals surface area contributed by atoms with E-state index < -0.39 is 0 Å². The number of hydrogen-bond donors (Lipinski definition) is 1. The minimum atomic E-state index is -0.130. The molecule has 0 bridgehead atoms. The Morgan fingerprint density at radius 2 is 1.76 bits per heavy atom. The molecule has 3 nitrogen and oxygen atoms in total. The average Bonchev–Trinajstić information content (AvgIpc) is 2.44. The number of benzene rings is 2. The summed E-state index contributed by atoms with van der Waals surface area (Å²) in [6.45, 7) is 5.20. The summed E-state index contributed by atoms with van der Waals surface area (Å²) in [7, 11) is 1.68. The number of aryl methyl sites for hydroxylation is 2. The van der Waals surface area contributed by atoms with Gasteiger partial charge < -0.3 is 15.2 Å². The van der Waals surface area contributed by atoms with E-state index in [2.05, 4.69) is 32.0 Å². The van der Waals surface area contributed by atoms with E-state index in [9.17, 15) is 0 Å². The van der Waals surface area contributed by atoms with Crippen molar-refractivity contribution in [1.29, 1.82) is 0 Å². The van der Waals surface area contributed by atoms with Crippen LogP contribution in [-0.4, -0.2) is 13.7 Å². The van der Waals surface area contributed by atoms with Gasteiger partial charge in [0, 0.05) is 7.11 Å². The standard InChI is InChI=1S/C18H23NO2/c1-13-7-14(2)9-16(8-13)18(19)12-21-17-6-4-5-15(10-17)11-20-3/h4-10,18H,11-12,19H2,1-3H3. The molecule has 0 amide bonds. The lowest BCUT2D eigenvalue weighted by Gasteiger charge is -2.15. The van der Waals surface area contributed by atoms with Crippen LogP contribution in [-0.2, 0) is 11.3 Å². The predicted octanol–water partition coefficient (Wildman–Crippen LogP) is 3.53. The van der Waals surface area contributed by atoms with E-state index in [0.29, 0.717) is 13.2 Å². The SMILES string of the molecule is COCc1cccc(OCC(N)c2cc(C)cc(C)c2)c1. The topological polar surface area (TPSA) is 44.5 Å². The van der Waals surface area contributed by atoms with Crippen LogP contribution >= 0.6 is 0 Å². The first-order chi connectivity index (χ1) is 10.1. The van der Waals surface area contributed by atoms with Crippen LogP contribution in [0.3, 0.4) is 0 Å². The molecule has 2 aromatic rings. The third kappa shape index (κ3) is 4.59. The van der Waals surface area contributed by atoms with Gasteiger partial charge in [-0.3, -0.25) is 0 Å². The maximum atomic E-state index is 6.23. The Balaban J connectivity index is 2.00. The molecule has 1 atom stereocenters. The van der Waals surface area contributed by atoms with Crippen molar-refractivity contribution in [3.63, 3.8) is 0 Å². The summed E-state index contributed by atoms with van der Waals surface area (Å²) in [5.41, 5.74) is 10.9. The molecule has 0 heterocycles. The largest absolute Gasteiger partial charge is 0.492 e. The number of methoxy groups -OCH3 is 1. The summed E-state index contributed by atoms with van der Waals surface area (Å²) >= 11 is 0. The third-order valence-corrected chi connectivity index (χ3v) is 3.31. The van der Waals surface area contributed by atoms with Crippen LogP contribution in [0.1, 0.15) is 28.3 Å². The van der Waals surface area contributed by atoms with Gasteiger partial charge in [-0.25, -0.2) is 0 Å². The third-order valence-electron chi connectivity index (χ3n) is 3.31. The van der Waals surface area contributed by atoms with Gasteiger partial charge in [-0.1, -0.05) is 41.5 Å². The van der Waals surface area contributed by atoms with Gasteiger partial charge in [0.05, 0.1) is 12.6 Å². The lowest BCUT2D eigenvalue weighted by atomic mass is 10.0. The molecule has 2 rings (SSSR count). The lowest BCUT2D eigenvalue weighted by Crippen LogP contribution is -2.19. The summed E-state index contributed by atoms with van der Waals surface area (Å²) in [4.78, 5) is 0. The number of nitrogens with two attached hydrogens (primary N) is 1. The van der Waals surface area contributed by atoms with Gasteiger partial charge in [0.15, 0.2) is 0 Å². The average molecular weight is 285 g/mol. The maximum Gasteiger partial charge on any atom is 0.119 e. The Hall–Kier alpha value is -1.84. The molecule has 2 N–H and O–H groups in total. The van der Waals surface area contributed by atoms with Crippen molar-refractivity contribution in [1.82, 2.24) is 0 Å². The van der Waals surface area contributed by atoms with E-state index in [-0.39, 0.29) is 6.04 Å². The van der Waals surface area contributed by atoms with Crippen molar-refractivity contribution in [2.45, 2.75) is 26.5 Å². The second-order valence-electron chi connectivity index (χ2n) is 5.42. The summed E-state index contributed by atoms with van der Waals surface area (Å²) < 4.78 is 10.9. The zero-order valence-electron chi connectivity index (χ0n) is 12.9. The molecule has 21 heavy (non-hydrogen) atoms. The minimum absolute atomic E-state index is 0.130. The maximum absolute atomic E-state index is 6.23. The lowest BCUT2D eigenvalue weighted by molar-refractivity contribution is 0.184. The van der Waals surface area contributed by atoms with Crippen LogP contribution in [0.25, 0.3) is 0 Å². The Morgan fingerprint density at radius 3 is 2.43 bits per heavy atom. The summed E-state index contributed by atoms with van der Waals surface area (Å²) in [6.07, 6.45) is 0. The Morgan fingerprint density at radius 1 is 1.05 bits per heavy atom. The van der Waals surface area contributed by atoms with E-state index in [1.807, 2.05) is 24.3 Å². The quantitative estimate of drug-likeness (QED) is 0.883. The van der Waals surface area contributed by atoms with Gasteiger partial charge in [-0.2, -0.15) is 0 Å². The molecule has 0 radical (unpaired) electrons. The fourth-order valence-electron chi connectivity index (χ4n) is 2.40. The smallest absolute Gasteiger partial charge is 0.119 e. The fourth-order valence-corrected chi connectivity index (χ4v) is 2.40. The molecule has 2 aromatic carbocycles. The number of ether oxygens (including phenoxy) is 2. The van der Waals surface area contributed by atoms with Crippen molar-refractivity contribution >= 4 is 0 Å². The van der Waals surface area contributed by atoms with Crippen molar-refractivity contribution in [3.05, 3.63) is 64.7 Å². The molecule has 0 aliphatic rings. The van der Waals surface area contributed by atoms with Crippen molar-refractivity contribution in [3.8, 4) is 5.75 Å². The molecule has 3 heteroatoms. The fraction of sp³-hybridized carbons (Fsp3) is 0.333. The Bertz CT molecular complexity index is 575. The number of rotatable bonds is 6. The molecule has 0 saturated carbocycles. The van der Waals surface area contributed by atoms with Crippen LogP contribution in [0.5, 0.6) is 5.75 Å². The molecule has 1 unspecified atom stereocenters. The molecule has 0 spiro atoms. The van der Waals surface area contributed by atoms with Crippen molar-refractivity contribution in [2.24, 2.45) is 5.73 Å². The van der Waals surface area contributed by atoms with E-state index in [0.717, 1.165) is 16.9 Å². The number of hydrogen-bond acceptors (Lipinski definition) is 3.